The minimum absolute atomic E-state index is 0.701. The zero-order valence-corrected chi connectivity index (χ0v) is 10.5. The van der Waals surface area contributed by atoms with E-state index in [1.54, 1.807) is 0 Å². The van der Waals surface area contributed by atoms with E-state index < -0.39 is 0 Å². The smallest absolute Gasteiger partial charge is 0.160 e. The van der Waals surface area contributed by atoms with Gasteiger partial charge in [0.05, 0.1) is 11.4 Å². The number of fused-ring (bicyclic) bond motifs is 1. The summed E-state index contributed by atoms with van der Waals surface area (Å²) in [6.07, 6.45) is 3.97. The Kier molecular flexibility index (Phi) is 2.33. The maximum Gasteiger partial charge on any atom is 0.160 e. The summed E-state index contributed by atoms with van der Waals surface area (Å²) in [5, 5.41) is 0. The van der Waals surface area contributed by atoms with Gasteiger partial charge < -0.3 is 10.1 Å². The lowest BCUT2D eigenvalue weighted by Gasteiger charge is -2.01. The molecule has 0 spiro atoms. The van der Waals surface area contributed by atoms with Crippen LogP contribution in [-0.4, -0.2) is 9.38 Å². The van der Waals surface area contributed by atoms with E-state index in [1.807, 2.05) is 28.9 Å². The number of nitrogen functional groups attached to an aromatic ring is 1. The van der Waals surface area contributed by atoms with Crippen LogP contribution in [0.25, 0.3) is 16.9 Å². The number of nitrogens with zero attached hydrogens (tertiary/aromatic N) is 2. The first-order chi connectivity index (χ1) is 8.65. The molecule has 0 aliphatic heterocycles. The molecule has 2 aromatic heterocycles. The van der Waals surface area contributed by atoms with Crippen molar-refractivity contribution in [3.63, 3.8) is 0 Å². The summed E-state index contributed by atoms with van der Waals surface area (Å²) in [5.41, 5.74) is 12.1. The van der Waals surface area contributed by atoms with Crippen LogP contribution in [0.15, 0.2) is 42.7 Å². The van der Waals surface area contributed by atoms with E-state index in [1.165, 1.54) is 11.1 Å². The van der Waals surface area contributed by atoms with Gasteiger partial charge in [-0.25, -0.2) is 4.98 Å². The highest BCUT2D eigenvalue weighted by atomic mass is 15.0. The van der Waals surface area contributed by atoms with Crippen molar-refractivity contribution >= 4 is 11.3 Å². The Labute approximate surface area is 106 Å². The van der Waals surface area contributed by atoms with Gasteiger partial charge in [-0.05, 0) is 43.2 Å². The lowest BCUT2D eigenvalue weighted by atomic mass is 10.1. The van der Waals surface area contributed by atoms with E-state index in [0.29, 0.717) is 5.69 Å². The number of pyridine rings is 1. The predicted octanol–water partition coefficient (Wildman–Crippen LogP) is 3.20. The van der Waals surface area contributed by atoms with Crippen molar-refractivity contribution in [1.82, 2.24) is 9.38 Å². The van der Waals surface area contributed by atoms with Gasteiger partial charge in [0.2, 0.25) is 0 Å². The lowest BCUT2D eigenvalue weighted by molar-refractivity contribution is 1.19. The van der Waals surface area contributed by atoms with Crippen LogP contribution in [0.4, 0.5) is 5.69 Å². The summed E-state index contributed by atoms with van der Waals surface area (Å²) >= 11 is 0. The number of hydrogen-bond acceptors (Lipinski definition) is 2. The molecule has 18 heavy (non-hydrogen) atoms. The van der Waals surface area contributed by atoms with Gasteiger partial charge in [0, 0.05) is 18.0 Å². The summed E-state index contributed by atoms with van der Waals surface area (Å²) in [5.74, 6) is 0. The fourth-order valence-electron chi connectivity index (χ4n) is 2.07. The third-order valence-corrected chi connectivity index (χ3v) is 3.32. The maximum absolute atomic E-state index is 5.92. The molecule has 0 aliphatic rings. The van der Waals surface area contributed by atoms with E-state index in [2.05, 4.69) is 37.0 Å². The van der Waals surface area contributed by atoms with Crippen molar-refractivity contribution in [3.05, 3.63) is 53.9 Å². The largest absolute Gasteiger partial charge is 0.396 e. The van der Waals surface area contributed by atoms with Crippen LogP contribution in [0.3, 0.4) is 0 Å². The van der Waals surface area contributed by atoms with Crippen LogP contribution < -0.4 is 5.73 Å². The minimum atomic E-state index is 0.701. The molecular weight excluding hydrogens is 222 g/mol. The number of imidazole rings is 1. The average Bonchev–Trinajstić information content (AvgIpc) is 2.78. The fraction of sp³-hybridized carbons (Fsp3) is 0.133. The average molecular weight is 237 g/mol. The van der Waals surface area contributed by atoms with Gasteiger partial charge in [0.1, 0.15) is 0 Å². The molecule has 1 aromatic carbocycles. The Morgan fingerprint density at radius 1 is 1.11 bits per heavy atom. The van der Waals surface area contributed by atoms with Crippen LogP contribution >= 0.6 is 0 Å². The van der Waals surface area contributed by atoms with Crippen LogP contribution in [0.1, 0.15) is 11.1 Å². The third kappa shape index (κ3) is 1.64. The Hall–Kier alpha value is -2.29. The molecule has 2 N–H and O–H groups in total. The Balaban J connectivity index is 2.19. The summed E-state index contributed by atoms with van der Waals surface area (Å²) in [6.45, 7) is 4.23. The first kappa shape index (κ1) is 10.8. The van der Waals surface area contributed by atoms with Crippen LogP contribution in [-0.2, 0) is 0 Å². The third-order valence-electron chi connectivity index (χ3n) is 3.32. The first-order valence-corrected chi connectivity index (χ1v) is 5.96. The van der Waals surface area contributed by atoms with Gasteiger partial charge in [0.15, 0.2) is 5.65 Å². The highest BCUT2D eigenvalue weighted by Crippen LogP contribution is 2.23. The van der Waals surface area contributed by atoms with Gasteiger partial charge in [-0.1, -0.05) is 12.1 Å². The van der Waals surface area contributed by atoms with E-state index >= 15 is 0 Å². The van der Waals surface area contributed by atoms with Gasteiger partial charge in [-0.15, -0.1) is 0 Å². The SMILES string of the molecule is Cc1ccc(-c2cn3cccc(N)c3n2)cc1C. The molecule has 3 aromatic rings. The second-order valence-electron chi connectivity index (χ2n) is 4.62. The van der Waals surface area contributed by atoms with Gasteiger partial charge in [-0.3, -0.25) is 0 Å². The molecule has 0 fully saturated rings. The fourth-order valence-corrected chi connectivity index (χ4v) is 2.07. The van der Waals surface area contributed by atoms with E-state index in [9.17, 15) is 0 Å². The van der Waals surface area contributed by atoms with E-state index in [-0.39, 0.29) is 0 Å². The number of aromatic nitrogens is 2. The number of aryl methyl sites for hydroxylation is 2. The molecule has 0 bridgehead atoms. The van der Waals surface area contributed by atoms with Crippen molar-refractivity contribution in [1.29, 1.82) is 0 Å². The molecular formula is C15H15N3. The summed E-state index contributed by atoms with van der Waals surface area (Å²) in [7, 11) is 0. The molecule has 3 rings (SSSR count). The number of benzene rings is 1. The Morgan fingerprint density at radius 3 is 2.67 bits per heavy atom. The molecule has 0 radical (unpaired) electrons. The normalized spacial score (nSPS) is 11.0. The van der Waals surface area contributed by atoms with Crippen molar-refractivity contribution < 1.29 is 0 Å². The summed E-state index contributed by atoms with van der Waals surface area (Å²) in [6, 6.07) is 10.2. The van der Waals surface area contributed by atoms with Gasteiger partial charge >= 0.3 is 0 Å². The van der Waals surface area contributed by atoms with E-state index in [4.69, 9.17) is 5.73 Å². The van der Waals surface area contributed by atoms with Crippen molar-refractivity contribution in [2.24, 2.45) is 0 Å². The number of hydrogen-bond donors (Lipinski definition) is 1. The molecule has 0 amide bonds. The molecule has 0 aliphatic carbocycles. The topological polar surface area (TPSA) is 43.3 Å². The van der Waals surface area contributed by atoms with Gasteiger partial charge in [-0.2, -0.15) is 0 Å². The molecule has 3 nitrogen and oxygen atoms in total. The van der Waals surface area contributed by atoms with Gasteiger partial charge in [0.25, 0.3) is 0 Å². The highest BCUT2D eigenvalue weighted by Gasteiger charge is 2.06. The monoisotopic (exact) mass is 237 g/mol. The van der Waals surface area contributed by atoms with Crippen LogP contribution in [0.5, 0.6) is 0 Å². The molecule has 0 saturated heterocycles. The molecule has 90 valence electrons. The lowest BCUT2D eigenvalue weighted by Crippen LogP contribution is -1.90. The molecule has 0 saturated carbocycles. The van der Waals surface area contributed by atoms with Crippen LogP contribution in [0.2, 0.25) is 0 Å². The number of rotatable bonds is 1. The number of anilines is 1. The maximum atomic E-state index is 5.92. The summed E-state index contributed by atoms with van der Waals surface area (Å²) < 4.78 is 1.96. The van der Waals surface area contributed by atoms with E-state index in [0.717, 1.165) is 16.9 Å². The Morgan fingerprint density at radius 2 is 1.94 bits per heavy atom. The first-order valence-electron chi connectivity index (χ1n) is 5.96. The van der Waals surface area contributed by atoms with Crippen molar-refractivity contribution in [2.45, 2.75) is 13.8 Å². The zero-order chi connectivity index (χ0) is 12.7. The molecule has 0 atom stereocenters. The zero-order valence-electron chi connectivity index (χ0n) is 10.5. The Bertz CT molecular complexity index is 726. The second-order valence-corrected chi connectivity index (χ2v) is 4.62. The quantitative estimate of drug-likeness (QED) is 0.706. The molecule has 0 unspecified atom stereocenters. The minimum Gasteiger partial charge on any atom is -0.396 e. The molecule has 3 heteroatoms. The molecule has 2 heterocycles. The summed E-state index contributed by atoms with van der Waals surface area (Å²) in [4.78, 5) is 4.59. The number of nitrogens with two attached hydrogens (primary N) is 1. The van der Waals surface area contributed by atoms with Crippen LogP contribution in [0, 0.1) is 13.8 Å². The van der Waals surface area contributed by atoms with Crippen molar-refractivity contribution in [2.75, 3.05) is 5.73 Å². The highest BCUT2D eigenvalue weighted by molar-refractivity contribution is 5.71. The van der Waals surface area contributed by atoms with Crippen molar-refractivity contribution in [3.8, 4) is 11.3 Å². The predicted molar refractivity (Wildman–Crippen MR) is 74.5 cm³/mol. The standard InChI is InChI=1S/C15H15N3/c1-10-5-6-12(8-11(10)2)14-9-18-7-3-4-13(16)15(18)17-14/h3-9H,16H2,1-2H3. The second kappa shape index (κ2) is 3.88.